The third-order valence-corrected chi connectivity index (χ3v) is 1.88. The number of Topliss-reactive ketones (excluding diaryl/α,β-unsaturated/α-hetero) is 1. The van der Waals surface area contributed by atoms with Gasteiger partial charge < -0.3 is 15.0 Å². The van der Waals surface area contributed by atoms with Gasteiger partial charge in [-0.05, 0) is 6.07 Å². The summed E-state index contributed by atoms with van der Waals surface area (Å²) in [4.78, 5) is 14.0. The van der Waals surface area contributed by atoms with Crippen molar-refractivity contribution in [1.82, 2.24) is 0 Å². The highest BCUT2D eigenvalue weighted by atomic mass is 19.1. The Balaban J connectivity index is 3.41. The molecule has 0 saturated heterocycles. The molecule has 1 rings (SSSR count). The number of nitrogens with zero attached hydrogens (tertiary/aromatic N) is 2. The van der Waals surface area contributed by atoms with Crippen LogP contribution in [0.5, 0.6) is 11.5 Å². The molecule has 0 aliphatic carbocycles. The fourth-order valence-corrected chi connectivity index (χ4v) is 1.24. The maximum absolute atomic E-state index is 13.1. The van der Waals surface area contributed by atoms with Crippen molar-refractivity contribution in [3.63, 3.8) is 0 Å². The van der Waals surface area contributed by atoms with Crippen LogP contribution in [0.1, 0.15) is 10.4 Å². The van der Waals surface area contributed by atoms with Crippen molar-refractivity contribution in [1.29, 1.82) is 0 Å². The molecule has 0 saturated carbocycles. The second-order valence-electron chi connectivity index (χ2n) is 2.80. The van der Waals surface area contributed by atoms with Crippen LogP contribution in [0.2, 0.25) is 0 Å². The summed E-state index contributed by atoms with van der Waals surface area (Å²) in [6, 6.07) is 2.07. The first-order chi connectivity index (χ1) is 7.63. The normalized spacial score (nSPS) is 9.19. The highest BCUT2D eigenvalue weighted by molar-refractivity contribution is 6.34. The number of rotatable bonds is 4. The molecule has 0 aliphatic heterocycles. The van der Waals surface area contributed by atoms with E-state index in [2.05, 4.69) is 4.79 Å². The minimum absolute atomic E-state index is 0.0721. The van der Waals surface area contributed by atoms with Crippen LogP contribution in [0.15, 0.2) is 12.1 Å². The number of methoxy groups -OCH3 is 2. The Morgan fingerprint density at radius 1 is 1.44 bits per heavy atom. The molecule has 16 heavy (non-hydrogen) atoms. The van der Waals surface area contributed by atoms with Crippen molar-refractivity contribution < 1.29 is 23.4 Å². The van der Waals surface area contributed by atoms with Gasteiger partial charge in [0, 0.05) is 6.07 Å². The lowest BCUT2D eigenvalue weighted by Crippen LogP contribution is -2.06. The predicted molar refractivity (Wildman–Crippen MR) is 53.5 cm³/mol. The van der Waals surface area contributed by atoms with Gasteiger partial charge in [-0.25, -0.2) is 4.39 Å². The van der Waals surface area contributed by atoms with Crippen LogP contribution in [-0.4, -0.2) is 31.0 Å². The standard InChI is InChI=1S/C10H9FN2O3/c1-15-9-4-6(11)3-7(10(9)16-2)8(14)5-13-12/h3-5H,1-2H3. The van der Waals surface area contributed by atoms with Crippen LogP contribution in [0.3, 0.4) is 0 Å². The summed E-state index contributed by atoms with van der Waals surface area (Å²) in [6.45, 7) is 0. The van der Waals surface area contributed by atoms with Gasteiger partial charge in [0.05, 0.1) is 19.8 Å². The Morgan fingerprint density at radius 2 is 2.12 bits per heavy atom. The number of halogens is 1. The average Bonchev–Trinajstić information content (AvgIpc) is 2.28. The molecule has 0 radical (unpaired) electrons. The largest absolute Gasteiger partial charge is 0.493 e. The van der Waals surface area contributed by atoms with Gasteiger partial charge in [-0.3, -0.25) is 4.79 Å². The van der Waals surface area contributed by atoms with Crippen LogP contribution >= 0.6 is 0 Å². The molecule has 0 fully saturated rings. The third-order valence-electron chi connectivity index (χ3n) is 1.88. The van der Waals surface area contributed by atoms with Crippen molar-refractivity contribution in [3.05, 3.63) is 29.0 Å². The lowest BCUT2D eigenvalue weighted by Gasteiger charge is -2.09. The molecule has 0 aromatic heterocycles. The van der Waals surface area contributed by atoms with E-state index in [1.807, 2.05) is 0 Å². The van der Waals surface area contributed by atoms with E-state index in [4.69, 9.17) is 15.0 Å². The third kappa shape index (κ3) is 2.24. The van der Waals surface area contributed by atoms with Crippen LogP contribution in [-0.2, 0) is 0 Å². The van der Waals surface area contributed by atoms with Gasteiger partial charge in [0.2, 0.25) is 0 Å². The highest BCUT2D eigenvalue weighted by Gasteiger charge is 2.19. The smallest absolute Gasteiger partial charge is 0.328 e. The Morgan fingerprint density at radius 3 is 2.62 bits per heavy atom. The number of hydrogen-bond donors (Lipinski definition) is 0. The van der Waals surface area contributed by atoms with Crippen LogP contribution < -0.4 is 9.47 Å². The molecule has 84 valence electrons. The fraction of sp³-hybridized carbons (Fsp3) is 0.200. The number of carbonyl (C=O) groups excluding carboxylic acids is 1. The minimum atomic E-state index is -0.683. The molecule has 0 amide bonds. The van der Waals surface area contributed by atoms with Crippen molar-refractivity contribution in [2.75, 3.05) is 14.2 Å². The molecule has 0 bridgehead atoms. The zero-order valence-electron chi connectivity index (χ0n) is 8.73. The molecule has 6 heteroatoms. The lowest BCUT2D eigenvalue weighted by atomic mass is 10.1. The molecular formula is C10H9FN2O3. The highest BCUT2D eigenvalue weighted by Crippen LogP contribution is 2.32. The van der Waals surface area contributed by atoms with Crippen LogP contribution in [0, 0.1) is 5.82 Å². The monoisotopic (exact) mass is 224 g/mol. The lowest BCUT2D eigenvalue weighted by molar-refractivity contribution is 0.00231. The zero-order valence-corrected chi connectivity index (χ0v) is 8.73. The van der Waals surface area contributed by atoms with Gasteiger partial charge in [0.1, 0.15) is 5.82 Å². The first kappa shape index (κ1) is 11.9. The zero-order chi connectivity index (χ0) is 12.1. The Kier molecular flexibility index (Phi) is 3.74. The summed E-state index contributed by atoms with van der Waals surface area (Å²) >= 11 is 0. The number of carbonyl (C=O) groups is 1. The summed E-state index contributed by atoms with van der Waals surface area (Å²) < 4.78 is 22.9. The number of benzene rings is 1. The molecule has 0 aliphatic rings. The Bertz CT molecular complexity index is 467. The molecule has 0 spiro atoms. The van der Waals surface area contributed by atoms with E-state index in [-0.39, 0.29) is 17.1 Å². The molecule has 0 unspecified atom stereocenters. The van der Waals surface area contributed by atoms with Crippen molar-refractivity contribution in [3.8, 4) is 11.5 Å². The quantitative estimate of drug-likeness (QED) is 0.335. The van der Waals surface area contributed by atoms with Gasteiger partial charge in [0.15, 0.2) is 11.5 Å². The fourth-order valence-electron chi connectivity index (χ4n) is 1.24. The molecule has 0 atom stereocenters. The van der Waals surface area contributed by atoms with Crippen LogP contribution in [0.25, 0.3) is 5.53 Å². The van der Waals surface area contributed by atoms with E-state index in [1.165, 1.54) is 14.2 Å². The number of ether oxygens (including phenoxy) is 2. The summed E-state index contributed by atoms with van der Waals surface area (Å²) in [7, 11) is 2.65. The second-order valence-corrected chi connectivity index (χ2v) is 2.80. The van der Waals surface area contributed by atoms with Gasteiger partial charge >= 0.3 is 6.21 Å². The van der Waals surface area contributed by atoms with E-state index < -0.39 is 11.6 Å². The van der Waals surface area contributed by atoms with Gasteiger partial charge in [-0.2, -0.15) is 4.79 Å². The van der Waals surface area contributed by atoms with Crippen molar-refractivity contribution in [2.24, 2.45) is 0 Å². The maximum Gasteiger partial charge on any atom is 0.328 e. The summed E-state index contributed by atoms with van der Waals surface area (Å²) in [5, 5.41) is 0. The van der Waals surface area contributed by atoms with Gasteiger partial charge in [-0.1, -0.05) is 0 Å². The van der Waals surface area contributed by atoms with E-state index in [0.717, 1.165) is 12.1 Å². The second kappa shape index (κ2) is 5.04. The number of hydrogen-bond acceptors (Lipinski definition) is 3. The van der Waals surface area contributed by atoms with E-state index in [1.54, 1.807) is 0 Å². The first-order valence-electron chi connectivity index (χ1n) is 4.27. The molecule has 0 N–H and O–H groups in total. The van der Waals surface area contributed by atoms with E-state index >= 15 is 0 Å². The SMILES string of the molecule is COc1cc(F)cc(C(=O)C=[N+]=[N-])c1OC. The molecule has 0 heterocycles. The van der Waals surface area contributed by atoms with Crippen molar-refractivity contribution in [2.45, 2.75) is 0 Å². The van der Waals surface area contributed by atoms with Gasteiger partial charge in [-0.15, -0.1) is 0 Å². The first-order valence-corrected chi connectivity index (χ1v) is 4.27. The van der Waals surface area contributed by atoms with Crippen LogP contribution in [0.4, 0.5) is 4.39 Å². The number of ketones is 1. The summed E-state index contributed by atoms with van der Waals surface area (Å²) in [6.07, 6.45) is 0.650. The molecule has 1 aromatic rings. The predicted octanol–water partition coefficient (Wildman–Crippen LogP) is 1.33. The van der Waals surface area contributed by atoms with E-state index in [0.29, 0.717) is 6.21 Å². The Hall–Kier alpha value is -2.20. The molecule has 1 aromatic carbocycles. The molecular weight excluding hydrogens is 215 g/mol. The maximum atomic E-state index is 13.1. The molecule has 5 nitrogen and oxygen atoms in total. The topological polar surface area (TPSA) is 71.9 Å². The van der Waals surface area contributed by atoms with Gasteiger partial charge in [0.25, 0.3) is 5.78 Å². The van der Waals surface area contributed by atoms with Crippen molar-refractivity contribution >= 4 is 12.0 Å². The Labute approximate surface area is 91.0 Å². The summed E-state index contributed by atoms with van der Waals surface area (Å²) in [5.41, 5.74) is 8.17. The minimum Gasteiger partial charge on any atom is -0.493 e. The van der Waals surface area contributed by atoms with E-state index in [9.17, 15) is 9.18 Å². The average molecular weight is 224 g/mol. The summed E-state index contributed by atoms with van der Waals surface area (Å²) in [5.74, 6) is -1.14.